The van der Waals surface area contributed by atoms with Crippen molar-refractivity contribution in [2.24, 2.45) is 0 Å². The minimum absolute atomic E-state index is 0.0677. The van der Waals surface area contributed by atoms with Gasteiger partial charge in [0, 0.05) is 23.5 Å². The summed E-state index contributed by atoms with van der Waals surface area (Å²) in [5.74, 6) is 0.325. The number of nitrogens with zero attached hydrogens (tertiary/aromatic N) is 2. The number of hydrogen-bond acceptors (Lipinski definition) is 4. The van der Waals surface area contributed by atoms with E-state index in [4.69, 9.17) is 4.42 Å². The van der Waals surface area contributed by atoms with Crippen molar-refractivity contribution < 1.29 is 9.21 Å². The van der Waals surface area contributed by atoms with E-state index in [-0.39, 0.29) is 5.91 Å². The number of furan rings is 1. The monoisotopic (exact) mass is 366 g/mol. The van der Waals surface area contributed by atoms with Gasteiger partial charge in [0.2, 0.25) is 0 Å². The van der Waals surface area contributed by atoms with Crippen molar-refractivity contribution >= 4 is 22.2 Å². The summed E-state index contributed by atoms with van der Waals surface area (Å²) >= 11 is 1.70. The number of benzene rings is 1. The topological polar surface area (TPSA) is 36.7 Å². The molecule has 4 nitrogen and oxygen atoms in total. The number of carbonyl (C=O) groups is 1. The number of hydrogen-bond donors (Lipinski definition) is 0. The predicted octanol–water partition coefficient (Wildman–Crippen LogP) is 4.62. The van der Waals surface area contributed by atoms with Gasteiger partial charge < -0.3 is 4.42 Å². The summed E-state index contributed by atoms with van der Waals surface area (Å²) in [5, 5.41) is 1.07. The van der Waals surface area contributed by atoms with Crippen LogP contribution in [0, 0.1) is 13.8 Å². The van der Waals surface area contributed by atoms with Crippen LogP contribution in [-0.2, 0) is 13.0 Å². The molecule has 0 saturated carbocycles. The van der Waals surface area contributed by atoms with E-state index in [0.717, 1.165) is 24.5 Å². The summed E-state index contributed by atoms with van der Waals surface area (Å²) in [7, 11) is 0. The fraction of sp³-hybridized carbons (Fsp3) is 0.286. The van der Waals surface area contributed by atoms with Crippen molar-refractivity contribution in [2.75, 3.05) is 18.1 Å². The quantitative estimate of drug-likeness (QED) is 0.676. The van der Waals surface area contributed by atoms with Crippen LogP contribution in [0.25, 0.3) is 0 Å². The second kappa shape index (κ2) is 7.09. The molecule has 1 aromatic carbocycles. The van der Waals surface area contributed by atoms with Crippen LogP contribution in [-0.4, -0.2) is 24.0 Å². The van der Waals surface area contributed by atoms with Crippen LogP contribution < -0.4 is 4.90 Å². The van der Waals surface area contributed by atoms with E-state index in [0.29, 0.717) is 12.4 Å². The molecule has 134 valence electrons. The third kappa shape index (κ3) is 3.20. The SMILES string of the molecule is Cc1sc2c(c1C)CN(CCc1ccccc1)CN2C(=O)c1ccco1. The Morgan fingerprint density at radius 1 is 1.15 bits per heavy atom. The lowest BCUT2D eigenvalue weighted by Crippen LogP contribution is -2.45. The van der Waals surface area contributed by atoms with E-state index >= 15 is 0 Å². The molecule has 3 heterocycles. The van der Waals surface area contributed by atoms with Crippen molar-refractivity contribution in [1.82, 2.24) is 4.90 Å². The van der Waals surface area contributed by atoms with Crippen molar-refractivity contribution in [3.8, 4) is 0 Å². The highest BCUT2D eigenvalue weighted by Gasteiger charge is 2.32. The largest absolute Gasteiger partial charge is 0.459 e. The number of rotatable bonds is 4. The van der Waals surface area contributed by atoms with Crippen molar-refractivity contribution in [3.63, 3.8) is 0 Å². The van der Waals surface area contributed by atoms with Crippen molar-refractivity contribution in [2.45, 2.75) is 26.8 Å². The van der Waals surface area contributed by atoms with Gasteiger partial charge in [-0.2, -0.15) is 0 Å². The predicted molar refractivity (Wildman–Crippen MR) is 105 cm³/mol. The maximum Gasteiger partial charge on any atom is 0.295 e. The second-order valence-corrected chi connectivity index (χ2v) is 7.91. The molecule has 0 aliphatic carbocycles. The first kappa shape index (κ1) is 17.1. The zero-order chi connectivity index (χ0) is 18.1. The second-order valence-electron chi connectivity index (χ2n) is 6.71. The zero-order valence-corrected chi connectivity index (χ0v) is 15.9. The Labute approximate surface area is 157 Å². The Kier molecular flexibility index (Phi) is 4.66. The summed E-state index contributed by atoms with van der Waals surface area (Å²) in [6.07, 6.45) is 2.53. The molecule has 1 amide bonds. The number of aryl methyl sites for hydroxylation is 1. The molecular weight excluding hydrogens is 344 g/mol. The molecule has 0 bridgehead atoms. The van der Waals surface area contributed by atoms with E-state index in [1.807, 2.05) is 11.0 Å². The van der Waals surface area contributed by atoms with Crippen LogP contribution in [0.5, 0.6) is 0 Å². The van der Waals surface area contributed by atoms with Gasteiger partial charge in [-0.15, -0.1) is 11.3 Å². The number of anilines is 1. The summed E-state index contributed by atoms with van der Waals surface area (Å²) in [4.78, 5) is 18.5. The lowest BCUT2D eigenvalue weighted by atomic mass is 10.1. The number of amides is 1. The Bertz CT molecular complexity index is 900. The maximum absolute atomic E-state index is 13.0. The Morgan fingerprint density at radius 2 is 1.96 bits per heavy atom. The molecule has 4 rings (SSSR count). The van der Waals surface area contributed by atoms with Crippen LogP contribution in [0.1, 0.15) is 32.1 Å². The third-order valence-corrected chi connectivity index (χ3v) is 6.27. The van der Waals surface area contributed by atoms with Gasteiger partial charge in [-0.1, -0.05) is 30.3 Å². The van der Waals surface area contributed by atoms with Crippen LogP contribution in [0.2, 0.25) is 0 Å². The van der Waals surface area contributed by atoms with Crippen molar-refractivity contribution in [3.05, 3.63) is 76.1 Å². The van der Waals surface area contributed by atoms with E-state index in [1.54, 1.807) is 29.7 Å². The van der Waals surface area contributed by atoms with Gasteiger partial charge in [-0.25, -0.2) is 0 Å². The highest BCUT2D eigenvalue weighted by atomic mass is 32.1. The molecule has 5 heteroatoms. The zero-order valence-electron chi connectivity index (χ0n) is 15.1. The lowest BCUT2D eigenvalue weighted by molar-refractivity contribution is 0.0933. The number of carbonyl (C=O) groups excluding carboxylic acids is 1. The number of thiophene rings is 1. The fourth-order valence-electron chi connectivity index (χ4n) is 3.37. The van der Waals surface area contributed by atoms with Crippen LogP contribution in [0.15, 0.2) is 53.1 Å². The molecule has 3 aromatic rings. The lowest BCUT2D eigenvalue weighted by Gasteiger charge is -2.35. The van der Waals surface area contributed by atoms with E-state index in [9.17, 15) is 4.79 Å². The first-order valence-electron chi connectivity index (χ1n) is 8.84. The summed E-state index contributed by atoms with van der Waals surface area (Å²) in [6.45, 7) is 6.68. The van der Waals surface area contributed by atoms with Gasteiger partial charge in [-0.05, 0) is 43.5 Å². The Hall–Kier alpha value is -2.37. The third-order valence-electron chi connectivity index (χ3n) is 4.99. The molecule has 26 heavy (non-hydrogen) atoms. The molecule has 0 spiro atoms. The molecule has 0 saturated heterocycles. The van der Waals surface area contributed by atoms with Gasteiger partial charge in [0.15, 0.2) is 5.76 Å². The maximum atomic E-state index is 13.0. The summed E-state index contributed by atoms with van der Waals surface area (Å²) in [5.41, 5.74) is 3.89. The molecular formula is C21H22N2O2S. The van der Waals surface area contributed by atoms with Gasteiger partial charge >= 0.3 is 0 Å². The highest BCUT2D eigenvalue weighted by molar-refractivity contribution is 7.16. The molecule has 0 atom stereocenters. The van der Waals surface area contributed by atoms with Crippen LogP contribution in [0.3, 0.4) is 0 Å². The highest BCUT2D eigenvalue weighted by Crippen LogP contribution is 2.39. The Balaban J connectivity index is 1.59. The molecule has 1 aliphatic heterocycles. The number of fused-ring (bicyclic) bond motifs is 1. The van der Waals surface area contributed by atoms with Gasteiger partial charge in [0.25, 0.3) is 5.91 Å². The summed E-state index contributed by atoms with van der Waals surface area (Å²) < 4.78 is 5.36. The molecule has 0 radical (unpaired) electrons. The minimum Gasteiger partial charge on any atom is -0.459 e. The van der Waals surface area contributed by atoms with Gasteiger partial charge in [0.05, 0.1) is 12.9 Å². The normalized spacial score (nSPS) is 14.5. The average Bonchev–Trinajstić information content (AvgIpc) is 3.29. The minimum atomic E-state index is -0.0677. The van der Waals surface area contributed by atoms with Crippen LogP contribution >= 0.6 is 11.3 Å². The molecule has 0 N–H and O–H groups in total. The fourth-order valence-corrected chi connectivity index (χ4v) is 4.53. The molecule has 0 fully saturated rings. The van der Waals surface area contributed by atoms with Gasteiger partial charge in [0.1, 0.15) is 5.00 Å². The first-order chi connectivity index (χ1) is 12.6. The van der Waals surface area contributed by atoms with Gasteiger partial charge in [-0.3, -0.25) is 14.6 Å². The summed E-state index contributed by atoms with van der Waals surface area (Å²) in [6, 6.07) is 14.0. The standard InChI is InChI=1S/C21H22N2O2S/c1-15-16(2)26-21-18(15)13-22(11-10-17-7-4-3-5-8-17)14-23(21)20(24)19-9-6-12-25-19/h3-9,12H,10-11,13-14H2,1-2H3. The molecule has 1 aliphatic rings. The molecule has 2 aromatic heterocycles. The van der Waals surface area contributed by atoms with Crippen molar-refractivity contribution in [1.29, 1.82) is 0 Å². The van der Waals surface area contributed by atoms with E-state index in [2.05, 4.69) is 43.0 Å². The first-order valence-corrected chi connectivity index (χ1v) is 9.65. The molecule has 0 unspecified atom stereocenters. The van der Waals surface area contributed by atoms with E-state index in [1.165, 1.54) is 21.6 Å². The van der Waals surface area contributed by atoms with Crippen LogP contribution in [0.4, 0.5) is 5.00 Å². The smallest absolute Gasteiger partial charge is 0.295 e. The van der Waals surface area contributed by atoms with E-state index < -0.39 is 0 Å². The Morgan fingerprint density at radius 3 is 2.69 bits per heavy atom. The average molecular weight is 366 g/mol.